The molecular weight excluding hydrogens is 314 g/mol. The average molecular weight is 340 g/mol. The Labute approximate surface area is 143 Å². The number of ether oxygens (including phenoxy) is 1. The molecule has 5 nitrogen and oxygen atoms in total. The zero-order valence-corrected chi connectivity index (χ0v) is 15.1. The highest BCUT2D eigenvalue weighted by Crippen LogP contribution is 2.20. The summed E-state index contributed by atoms with van der Waals surface area (Å²) in [6.45, 7) is 8.00. The molecule has 1 aliphatic rings. The van der Waals surface area contributed by atoms with Gasteiger partial charge in [-0.3, -0.25) is 4.90 Å². The van der Waals surface area contributed by atoms with E-state index in [1.807, 2.05) is 39.1 Å². The fourth-order valence-electron chi connectivity index (χ4n) is 2.73. The zero-order valence-electron chi connectivity index (χ0n) is 14.4. The molecule has 1 saturated heterocycles. The lowest BCUT2D eigenvalue weighted by Gasteiger charge is -2.37. The molecule has 2 heterocycles. The average Bonchev–Trinajstić information content (AvgIpc) is 2.48. The lowest BCUT2D eigenvalue weighted by Crippen LogP contribution is -2.46. The van der Waals surface area contributed by atoms with Gasteiger partial charge >= 0.3 is 6.09 Å². The Balaban J connectivity index is 1.81. The Bertz CT molecular complexity index is 520. The third-order valence-electron chi connectivity index (χ3n) is 3.96. The van der Waals surface area contributed by atoms with Gasteiger partial charge in [0.15, 0.2) is 0 Å². The minimum atomic E-state index is -0.438. The van der Waals surface area contributed by atoms with Crippen molar-refractivity contribution >= 4 is 17.7 Å². The van der Waals surface area contributed by atoms with E-state index in [0.29, 0.717) is 11.2 Å². The Hall–Kier alpha value is -1.33. The van der Waals surface area contributed by atoms with Gasteiger partial charge in [0.2, 0.25) is 0 Å². The predicted octanol–water partition coefficient (Wildman–Crippen LogP) is 3.57. The maximum Gasteiger partial charge on any atom is 0.410 e. The quantitative estimate of drug-likeness (QED) is 0.790. The number of piperidine rings is 1. The Morgan fingerprint density at radius 2 is 2.04 bits per heavy atom. The molecule has 1 aromatic heterocycles. The van der Waals surface area contributed by atoms with Gasteiger partial charge < -0.3 is 9.64 Å². The first kappa shape index (κ1) is 18.0. The second-order valence-corrected chi connectivity index (χ2v) is 7.49. The molecule has 1 aromatic rings. The topological polar surface area (TPSA) is 45.7 Å². The smallest absolute Gasteiger partial charge is 0.410 e. The largest absolute Gasteiger partial charge is 0.444 e. The maximum atomic E-state index is 12.1. The van der Waals surface area contributed by atoms with Crippen molar-refractivity contribution in [1.82, 2.24) is 14.8 Å². The molecule has 0 unspecified atom stereocenters. The van der Waals surface area contributed by atoms with E-state index in [4.69, 9.17) is 16.3 Å². The first-order valence-electron chi connectivity index (χ1n) is 8.03. The fraction of sp³-hybridized carbons (Fsp3) is 0.647. The van der Waals surface area contributed by atoms with Crippen LogP contribution in [-0.2, 0) is 11.3 Å². The first-order chi connectivity index (χ1) is 10.7. The van der Waals surface area contributed by atoms with Gasteiger partial charge in [-0.25, -0.2) is 9.78 Å². The Kier molecular flexibility index (Phi) is 5.87. The van der Waals surface area contributed by atoms with Crippen molar-refractivity contribution in [2.45, 2.75) is 51.8 Å². The monoisotopic (exact) mass is 339 g/mol. The molecular formula is C17H26ClN3O2. The normalized spacial score (nSPS) is 16.7. The van der Waals surface area contributed by atoms with Crippen LogP contribution in [0.3, 0.4) is 0 Å². The lowest BCUT2D eigenvalue weighted by atomic mass is 10.0. The number of carbonyl (C=O) groups excluding carboxylic acids is 1. The second-order valence-electron chi connectivity index (χ2n) is 7.10. The van der Waals surface area contributed by atoms with Crippen LogP contribution < -0.4 is 0 Å². The van der Waals surface area contributed by atoms with E-state index in [1.54, 1.807) is 4.90 Å². The molecule has 6 heteroatoms. The molecule has 23 heavy (non-hydrogen) atoms. The third kappa shape index (κ3) is 5.66. The van der Waals surface area contributed by atoms with Gasteiger partial charge in [-0.2, -0.15) is 0 Å². The van der Waals surface area contributed by atoms with Crippen LogP contribution in [0.2, 0.25) is 5.15 Å². The molecule has 0 aliphatic carbocycles. The number of aromatic nitrogens is 1. The summed E-state index contributed by atoms with van der Waals surface area (Å²) in [7, 11) is 2.11. The van der Waals surface area contributed by atoms with Crippen LogP contribution in [0.15, 0.2) is 18.3 Å². The van der Waals surface area contributed by atoms with E-state index in [-0.39, 0.29) is 6.09 Å². The minimum Gasteiger partial charge on any atom is -0.444 e. The summed E-state index contributed by atoms with van der Waals surface area (Å²) in [5.41, 5.74) is 0.707. The highest BCUT2D eigenvalue weighted by molar-refractivity contribution is 6.29. The molecule has 1 aliphatic heterocycles. The molecule has 0 atom stereocenters. The summed E-state index contributed by atoms with van der Waals surface area (Å²) in [6.07, 6.45) is 3.52. The van der Waals surface area contributed by atoms with Crippen LogP contribution >= 0.6 is 11.6 Å². The van der Waals surface area contributed by atoms with Crippen LogP contribution in [0.25, 0.3) is 0 Å². The van der Waals surface area contributed by atoms with Gasteiger partial charge in [0.05, 0.1) is 0 Å². The van der Waals surface area contributed by atoms with Crippen molar-refractivity contribution < 1.29 is 9.53 Å². The highest BCUT2D eigenvalue weighted by atomic mass is 35.5. The molecule has 0 aromatic carbocycles. The molecule has 1 fully saturated rings. The second kappa shape index (κ2) is 7.49. The van der Waals surface area contributed by atoms with Crippen molar-refractivity contribution in [3.8, 4) is 0 Å². The molecule has 0 bridgehead atoms. The van der Waals surface area contributed by atoms with E-state index in [0.717, 1.165) is 38.0 Å². The number of amides is 1. The molecule has 1 amide bonds. The molecule has 128 valence electrons. The zero-order chi connectivity index (χ0) is 17.0. The van der Waals surface area contributed by atoms with Crippen molar-refractivity contribution in [3.05, 3.63) is 29.0 Å². The summed E-state index contributed by atoms with van der Waals surface area (Å²) in [6, 6.07) is 4.28. The first-order valence-corrected chi connectivity index (χ1v) is 8.41. The van der Waals surface area contributed by atoms with E-state index in [1.165, 1.54) is 0 Å². The lowest BCUT2D eigenvalue weighted by molar-refractivity contribution is 0.0153. The van der Waals surface area contributed by atoms with Crippen molar-refractivity contribution in [1.29, 1.82) is 0 Å². The standard InChI is InChI=1S/C17H26ClN3O2/c1-17(2,3)23-16(22)21-9-7-14(8-10-21)20(4)12-13-5-6-15(18)19-11-13/h5-6,11,14H,7-10,12H2,1-4H3. The summed E-state index contributed by atoms with van der Waals surface area (Å²) in [5, 5.41) is 0.516. The Morgan fingerprint density at radius 1 is 1.39 bits per heavy atom. The van der Waals surface area contributed by atoms with Gasteiger partial charge in [-0.1, -0.05) is 17.7 Å². The SMILES string of the molecule is CN(Cc1ccc(Cl)nc1)C1CCN(C(=O)OC(C)(C)C)CC1. The summed E-state index contributed by atoms with van der Waals surface area (Å²) < 4.78 is 5.43. The van der Waals surface area contributed by atoms with E-state index >= 15 is 0 Å². The van der Waals surface area contributed by atoms with Gasteiger partial charge in [0.25, 0.3) is 0 Å². The molecule has 0 radical (unpaired) electrons. The number of hydrogen-bond donors (Lipinski definition) is 0. The van der Waals surface area contributed by atoms with Crippen LogP contribution in [-0.4, -0.2) is 52.7 Å². The number of pyridine rings is 1. The van der Waals surface area contributed by atoms with E-state index < -0.39 is 5.60 Å². The number of halogens is 1. The molecule has 0 saturated carbocycles. The summed E-state index contributed by atoms with van der Waals surface area (Å²) in [4.78, 5) is 20.3. The van der Waals surface area contributed by atoms with Crippen LogP contribution in [0, 0.1) is 0 Å². The molecule has 0 spiro atoms. The van der Waals surface area contributed by atoms with E-state index in [2.05, 4.69) is 16.9 Å². The van der Waals surface area contributed by atoms with Gasteiger partial charge in [0.1, 0.15) is 10.8 Å². The molecule has 0 N–H and O–H groups in total. The minimum absolute atomic E-state index is 0.208. The highest BCUT2D eigenvalue weighted by Gasteiger charge is 2.28. The van der Waals surface area contributed by atoms with Gasteiger partial charge in [0, 0.05) is 31.9 Å². The predicted molar refractivity (Wildman–Crippen MR) is 91.5 cm³/mol. The number of nitrogens with zero attached hydrogens (tertiary/aromatic N) is 3. The fourth-order valence-corrected chi connectivity index (χ4v) is 2.84. The number of carbonyl (C=O) groups is 1. The maximum absolute atomic E-state index is 12.1. The van der Waals surface area contributed by atoms with Gasteiger partial charge in [-0.05, 0) is 52.3 Å². The van der Waals surface area contributed by atoms with E-state index in [9.17, 15) is 4.79 Å². The van der Waals surface area contributed by atoms with Crippen molar-refractivity contribution in [2.24, 2.45) is 0 Å². The summed E-state index contributed by atoms with van der Waals surface area (Å²) >= 11 is 5.81. The van der Waals surface area contributed by atoms with Crippen LogP contribution in [0.1, 0.15) is 39.2 Å². The molecule has 2 rings (SSSR count). The van der Waals surface area contributed by atoms with Gasteiger partial charge in [-0.15, -0.1) is 0 Å². The van der Waals surface area contributed by atoms with Crippen molar-refractivity contribution in [3.63, 3.8) is 0 Å². The number of likely N-dealkylation sites (tertiary alicyclic amines) is 1. The van der Waals surface area contributed by atoms with Crippen LogP contribution in [0.5, 0.6) is 0 Å². The third-order valence-corrected chi connectivity index (χ3v) is 4.18. The Morgan fingerprint density at radius 3 is 2.57 bits per heavy atom. The van der Waals surface area contributed by atoms with Crippen molar-refractivity contribution in [2.75, 3.05) is 20.1 Å². The van der Waals surface area contributed by atoms with Crippen LogP contribution in [0.4, 0.5) is 4.79 Å². The summed E-state index contributed by atoms with van der Waals surface area (Å²) in [5.74, 6) is 0. The number of rotatable bonds is 3. The number of hydrogen-bond acceptors (Lipinski definition) is 4.